The van der Waals surface area contributed by atoms with Crippen molar-refractivity contribution >= 4 is 17.5 Å². The summed E-state index contributed by atoms with van der Waals surface area (Å²) in [5.41, 5.74) is 1.33. The molecule has 0 bridgehead atoms. The predicted octanol–water partition coefficient (Wildman–Crippen LogP) is 3.85. The van der Waals surface area contributed by atoms with E-state index in [9.17, 15) is 9.18 Å². The quantitative estimate of drug-likeness (QED) is 0.746. The third kappa shape index (κ3) is 3.97. The average molecular weight is 240 g/mol. The van der Waals surface area contributed by atoms with E-state index in [0.29, 0.717) is 11.3 Å². The highest BCUT2D eigenvalue weighted by atomic mass is 32.2. The Balaban J connectivity index is 2.77. The molecule has 0 aliphatic carbocycles. The number of rotatable bonds is 3. The molecule has 0 fully saturated rings. The molecule has 0 saturated heterocycles. The number of aryl methyl sites for hydroxylation is 1. The second-order valence-corrected chi connectivity index (χ2v) is 6.59. The van der Waals surface area contributed by atoms with Gasteiger partial charge in [-0.3, -0.25) is 4.79 Å². The lowest BCUT2D eigenvalue weighted by atomic mass is 10.1. The normalized spacial score (nSPS) is 11.6. The summed E-state index contributed by atoms with van der Waals surface area (Å²) >= 11 is 1.58. The van der Waals surface area contributed by atoms with Gasteiger partial charge in [-0.1, -0.05) is 26.8 Å². The number of carbonyl (C=O) groups is 1. The zero-order chi connectivity index (χ0) is 12.3. The third-order valence-corrected chi connectivity index (χ3v) is 3.41. The van der Waals surface area contributed by atoms with Crippen LogP contribution in [0.25, 0.3) is 0 Å². The lowest BCUT2D eigenvalue weighted by molar-refractivity contribution is 0.102. The molecular formula is C13H17FOS. The Morgan fingerprint density at radius 2 is 2.00 bits per heavy atom. The van der Waals surface area contributed by atoms with Crippen molar-refractivity contribution in [2.75, 3.05) is 5.75 Å². The first-order valence-corrected chi connectivity index (χ1v) is 6.21. The predicted molar refractivity (Wildman–Crippen MR) is 67.7 cm³/mol. The van der Waals surface area contributed by atoms with Crippen LogP contribution in [0.3, 0.4) is 0 Å². The van der Waals surface area contributed by atoms with E-state index in [-0.39, 0.29) is 16.3 Å². The molecule has 0 aromatic heterocycles. The van der Waals surface area contributed by atoms with E-state index >= 15 is 0 Å². The van der Waals surface area contributed by atoms with Gasteiger partial charge in [-0.05, 0) is 24.6 Å². The summed E-state index contributed by atoms with van der Waals surface area (Å²) < 4.78 is 13.1. The molecule has 88 valence electrons. The van der Waals surface area contributed by atoms with Gasteiger partial charge in [-0.25, -0.2) is 4.39 Å². The van der Waals surface area contributed by atoms with Crippen LogP contribution in [0.15, 0.2) is 18.2 Å². The Morgan fingerprint density at radius 1 is 1.38 bits per heavy atom. The van der Waals surface area contributed by atoms with Crippen molar-refractivity contribution in [3.8, 4) is 0 Å². The summed E-state index contributed by atoms with van der Waals surface area (Å²) in [6.07, 6.45) is 0. The Kier molecular flexibility index (Phi) is 4.14. The van der Waals surface area contributed by atoms with Crippen LogP contribution in [-0.4, -0.2) is 16.3 Å². The van der Waals surface area contributed by atoms with E-state index in [0.717, 1.165) is 5.56 Å². The first-order chi connectivity index (χ1) is 7.29. The molecule has 0 heterocycles. The van der Waals surface area contributed by atoms with Gasteiger partial charge >= 0.3 is 0 Å². The molecule has 0 amide bonds. The van der Waals surface area contributed by atoms with Crippen molar-refractivity contribution in [2.24, 2.45) is 0 Å². The van der Waals surface area contributed by atoms with E-state index in [1.165, 1.54) is 12.1 Å². The minimum absolute atomic E-state index is 0.00285. The van der Waals surface area contributed by atoms with Crippen molar-refractivity contribution in [1.82, 2.24) is 0 Å². The van der Waals surface area contributed by atoms with E-state index in [1.54, 1.807) is 17.8 Å². The van der Waals surface area contributed by atoms with Crippen LogP contribution >= 0.6 is 11.8 Å². The molecule has 0 radical (unpaired) electrons. The highest BCUT2D eigenvalue weighted by molar-refractivity contribution is 8.01. The van der Waals surface area contributed by atoms with E-state index in [1.807, 2.05) is 6.92 Å². The number of ketones is 1. The van der Waals surface area contributed by atoms with Crippen LogP contribution in [0.5, 0.6) is 0 Å². The summed E-state index contributed by atoms with van der Waals surface area (Å²) in [6, 6.07) is 4.34. The molecule has 0 N–H and O–H groups in total. The van der Waals surface area contributed by atoms with Gasteiger partial charge in [-0.15, -0.1) is 11.8 Å². The van der Waals surface area contributed by atoms with Crippen molar-refractivity contribution in [3.63, 3.8) is 0 Å². The Morgan fingerprint density at radius 3 is 2.56 bits per heavy atom. The molecule has 0 aliphatic heterocycles. The number of halogens is 1. The molecule has 1 nitrogen and oxygen atoms in total. The molecule has 1 rings (SSSR count). The van der Waals surface area contributed by atoms with Crippen LogP contribution in [0.2, 0.25) is 0 Å². The van der Waals surface area contributed by atoms with E-state index in [2.05, 4.69) is 20.8 Å². The molecule has 0 spiro atoms. The molecule has 1 aromatic carbocycles. The van der Waals surface area contributed by atoms with Crippen LogP contribution < -0.4 is 0 Å². The Bertz CT molecular complexity index is 393. The topological polar surface area (TPSA) is 17.1 Å². The number of hydrogen-bond acceptors (Lipinski definition) is 2. The fourth-order valence-electron chi connectivity index (χ4n) is 1.25. The summed E-state index contributed by atoms with van der Waals surface area (Å²) in [5.74, 6) is 0.0417. The minimum Gasteiger partial charge on any atom is -0.293 e. The molecule has 0 atom stereocenters. The van der Waals surface area contributed by atoms with Gasteiger partial charge in [0.25, 0.3) is 0 Å². The lowest BCUT2D eigenvalue weighted by Crippen LogP contribution is -2.14. The smallest absolute Gasteiger partial charge is 0.173 e. The first kappa shape index (κ1) is 13.2. The van der Waals surface area contributed by atoms with Gasteiger partial charge in [0.15, 0.2) is 5.78 Å². The van der Waals surface area contributed by atoms with E-state index < -0.39 is 0 Å². The van der Waals surface area contributed by atoms with E-state index in [4.69, 9.17) is 0 Å². The highest BCUT2D eigenvalue weighted by Gasteiger charge is 2.16. The zero-order valence-electron chi connectivity index (χ0n) is 10.1. The fraction of sp³-hybridized carbons (Fsp3) is 0.462. The second kappa shape index (κ2) is 5.00. The summed E-state index contributed by atoms with van der Waals surface area (Å²) in [4.78, 5) is 11.9. The molecule has 3 heteroatoms. The number of benzene rings is 1. The van der Waals surface area contributed by atoms with Gasteiger partial charge < -0.3 is 0 Å². The molecule has 0 saturated carbocycles. The van der Waals surface area contributed by atoms with Crippen LogP contribution in [0, 0.1) is 12.7 Å². The van der Waals surface area contributed by atoms with Crippen LogP contribution in [0.4, 0.5) is 4.39 Å². The van der Waals surface area contributed by atoms with Gasteiger partial charge in [0.1, 0.15) is 5.82 Å². The lowest BCUT2D eigenvalue weighted by Gasteiger charge is -2.17. The maximum atomic E-state index is 13.0. The second-order valence-electron chi connectivity index (χ2n) is 4.78. The summed E-state index contributed by atoms with van der Waals surface area (Å²) in [7, 11) is 0. The average Bonchev–Trinajstić information content (AvgIpc) is 2.17. The Labute approximate surface area is 100 Å². The number of Topliss-reactive ketones (excluding diaryl/α,β-unsaturated/α-hetero) is 1. The fourth-order valence-corrected chi connectivity index (χ4v) is 1.97. The number of carbonyl (C=O) groups excluding carboxylic acids is 1. The van der Waals surface area contributed by atoms with Gasteiger partial charge in [0, 0.05) is 10.3 Å². The van der Waals surface area contributed by atoms with Crippen molar-refractivity contribution < 1.29 is 9.18 Å². The van der Waals surface area contributed by atoms with Gasteiger partial charge in [0.2, 0.25) is 0 Å². The maximum Gasteiger partial charge on any atom is 0.173 e. The zero-order valence-corrected chi connectivity index (χ0v) is 11.0. The van der Waals surface area contributed by atoms with Crippen molar-refractivity contribution in [2.45, 2.75) is 32.4 Å². The Hall–Kier alpha value is -0.830. The van der Waals surface area contributed by atoms with Gasteiger partial charge in [0.05, 0.1) is 5.75 Å². The summed E-state index contributed by atoms with van der Waals surface area (Å²) in [5, 5.41) is 0. The molecule has 16 heavy (non-hydrogen) atoms. The van der Waals surface area contributed by atoms with Crippen LogP contribution in [-0.2, 0) is 0 Å². The van der Waals surface area contributed by atoms with Crippen LogP contribution in [0.1, 0.15) is 36.7 Å². The number of hydrogen-bond donors (Lipinski definition) is 0. The third-order valence-electron chi connectivity index (χ3n) is 2.14. The summed E-state index contributed by atoms with van der Waals surface area (Å²) in [6.45, 7) is 8.00. The monoisotopic (exact) mass is 240 g/mol. The standard InChI is InChI=1S/C13H17FOS/c1-9-5-6-10(14)7-11(9)12(15)8-16-13(2,3)4/h5-7H,8H2,1-4H3. The minimum atomic E-state index is -0.352. The molecule has 1 aromatic rings. The molecular weight excluding hydrogens is 223 g/mol. The van der Waals surface area contributed by atoms with Gasteiger partial charge in [-0.2, -0.15) is 0 Å². The van der Waals surface area contributed by atoms with Crippen molar-refractivity contribution in [1.29, 1.82) is 0 Å². The largest absolute Gasteiger partial charge is 0.293 e. The first-order valence-electron chi connectivity index (χ1n) is 5.23. The SMILES string of the molecule is Cc1ccc(F)cc1C(=O)CSC(C)(C)C. The van der Waals surface area contributed by atoms with Crippen molar-refractivity contribution in [3.05, 3.63) is 35.1 Å². The maximum absolute atomic E-state index is 13.0. The molecule has 0 unspecified atom stereocenters. The highest BCUT2D eigenvalue weighted by Crippen LogP contribution is 2.24. The molecule has 0 aliphatic rings. The number of thioether (sulfide) groups is 1.